The van der Waals surface area contributed by atoms with Crippen molar-refractivity contribution >= 4 is 56.1 Å². The van der Waals surface area contributed by atoms with Crippen molar-refractivity contribution in [1.29, 1.82) is 0 Å². The van der Waals surface area contributed by atoms with Crippen LogP contribution in [0.5, 0.6) is 11.5 Å². The third-order valence-corrected chi connectivity index (χ3v) is 9.63. The lowest BCUT2D eigenvalue weighted by Crippen LogP contribution is -2.20. The van der Waals surface area contributed by atoms with Crippen LogP contribution in [0.4, 0.5) is 34.3 Å². The molecule has 0 fully saturated rings. The molecule has 0 saturated heterocycles. The summed E-state index contributed by atoms with van der Waals surface area (Å²) in [6.07, 6.45) is 7.49. The molecule has 0 radical (unpaired) electrons. The highest BCUT2D eigenvalue weighted by molar-refractivity contribution is 6.10. The smallest absolute Gasteiger partial charge is 0.194 e. The largest absolute Gasteiger partial charge is 0.449 e. The van der Waals surface area contributed by atoms with Crippen molar-refractivity contribution < 1.29 is 4.74 Å². The van der Waals surface area contributed by atoms with Gasteiger partial charge in [0.25, 0.3) is 0 Å². The van der Waals surface area contributed by atoms with Crippen LogP contribution in [0.2, 0.25) is 0 Å². The highest BCUT2D eigenvalue weighted by Gasteiger charge is 2.32. The van der Waals surface area contributed by atoms with Gasteiger partial charge in [0.15, 0.2) is 17.3 Å². The summed E-state index contributed by atoms with van der Waals surface area (Å²) in [6, 6.07) is 50.1. The molecule has 0 bridgehead atoms. The standard InChI is InChI=1S/C44H31N7O/c1-48-27-26-47-43(48)30-12-11-15-32(28-30)49(33-21-22-35-34-16-5-6-17-36(34)51(39(35)29-33)41-20-9-10-24-45-41)38-23-25-46-44-42(38)52-40-19-8-7-18-37(40)50(44)31-13-3-2-4-14-31/h2-29H,1H3. The van der Waals surface area contributed by atoms with Crippen molar-refractivity contribution in [1.82, 2.24) is 24.1 Å². The molecule has 0 unspecified atom stereocenters. The quantitative estimate of drug-likeness (QED) is 0.175. The van der Waals surface area contributed by atoms with E-state index in [1.54, 1.807) is 0 Å². The van der Waals surface area contributed by atoms with Crippen molar-refractivity contribution in [3.8, 4) is 28.7 Å². The predicted octanol–water partition coefficient (Wildman–Crippen LogP) is 11.0. The molecule has 0 amide bonds. The van der Waals surface area contributed by atoms with E-state index >= 15 is 0 Å². The van der Waals surface area contributed by atoms with Gasteiger partial charge >= 0.3 is 0 Å². The molecule has 10 rings (SSSR count). The van der Waals surface area contributed by atoms with Gasteiger partial charge in [-0.2, -0.15) is 0 Å². The van der Waals surface area contributed by atoms with Gasteiger partial charge in [0.1, 0.15) is 11.6 Å². The van der Waals surface area contributed by atoms with Crippen molar-refractivity contribution in [2.24, 2.45) is 7.05 Å². The summed E-state index contributed by atoms with van der Waals surface area (Å²) in [5.41, 5.74) is 7.80. The Morgan fingerprint density at radius 2 is 1.40 bits per heavy atom. The Morgan fingerprint density at radius 1 is 0.596 bits per heavy atom. The maximum Gasteiger partial charge on any atom is 0.194 e. The molecule has 0 aliphatic carbocycles. The van der Waals surface area contributed by atoms with E-state index in [0.717, 1.165) is 73.2 Å². The van der Waals surface area contributed by atoms with Crippen molar-refractivity contribution in [3.05, 3.63) is 170 Å². The van der Waals surface area contributed by atoms with Crippen LogP contribution in [-0.4, -0.2) is 24.1 Å². The molecule has 52 heavy (non-hydrogen) atoms. The number of rotatable bonds is 6. The molecule has 0 N–H and O–H groups in total. The summed E-state index contributed by atoms with van der Waals surface area (Å²) in [5, 5.41) is 2.31. The molecular weight excluding hydrogens is 643 g/mol. The number of fused-ring (bicyclic) bond motifs is 5. The molecule has 4 aromatic heterocycles. The molecule has 9 aromatic rings. The van der Waals surface area contributed by atoms with Crippen molar-refractivity contribution in [3.63, 3.8) is 0 Å². The van der Waals surface area contributed by atoms with Crippen LogP contribution in [0.3, 0.4) is 0 Å². The summed E-state index contributed by atoms with van der Waals surface area (Å²) < 4.78 is 11.1. The van der Waals surface area contributed by atoms with E-state index < -0.39 is 0 Å². The molecule has 0 atom stereocenters. The Bertz CT molecular complexity index is 2750. The molecule has 5 aromatic carbocycles. The van der Waals surface area contributed by atoms with E-state index in [2.05, 4.69) is 110 Å². The summed E-state index contributed by atoms with van der Waals surface area (Å²) in [5.74, 6) is 3.84. The van der Waals surface area contributed by atoms with Crippen molar-refractivity contribution in [2.75, 3.05) is 9.80 Å². The molecule has 248 valence electrons. The van der Waals surface area contributed by atoms with Gasteiger partial charge < -0.3 is 14.2 Å². The Balaban J connectivity index is 1.24. The van der Waals surface area contributed by atoms with Gasteiger partial charge in [-0.15, -0.1) is 0 Å². The lowest BCUT2D eigenvalue weighted by molar-refractivity contribution is 0.475. The molecule has 0 spiro atoms. The number of hydrogen-bond donors (Lipinski definition) is 0. The number of anilines is 6. The summed E-state index contributed by atoms with van der Waals surface area (Å²) in [6.45, 7) is 0. The Hall–Kier alpha value is -7.19. The first-order chi connectivity index (χ1) is 25.7. The zero-order valence-corrected chi connectivity index (χ0v) is 28.2. The molecule has 1 aliphatic rings. The van der Waals surface area contributed by atoms with E-state index in [-0.39, 0.29) is 0 Å². The zero-order valence-electron chi connectivity index (χ0n) is 28.2. The molecule has 8 heteroatoms. The number of imidazole rings is 1. The minimum Gasteiger partial charge on any atom is -0.449 e. The maximum atomic E-state index is 6.86. The lowest BCUT2D eigenvalue weighted by atomic mass is 10.1. The van der Waals surface area contributed by atoms with Gasteiger partial charge in [-0.3, -0.25) is 9.47 Å². The number of aromatic nitrogens is 5. The van der Waals surface area contributed by atoms with Gasteiger partial charge in [-0.05, 0) is 72.8 Å². The van der Waals surface area contributed by atoms with Crippen LogP contribution < -0.4 is 14.5 Å². The first kappa shape index (κ1) is 29.7. The van der Waals surface area contributed by atoms with Gasteiger partial charge in [0, 0.05) is 65.2 Å². The number of hydrogen-bond acceptors (Lipinski definition) is 6. The summed E-state index contributed by atoms with van der Waals surface area (Å²) in [7, 11) is 2.01. The van der Waals surface area contributed by atoms with Crippen molar-refractivity contribution in [2.45, 2.75) is 0 Å². The minimum absolute atomic E-state index is 0.651. The minimum atomic E-state index is 0.651. The second-order valence-electron chi connectivity index (χ2n) is 12.7. The second kappa shape index (κ2) is 12.0. The van der Waals surface area contributed by atoms with E-state index in [0.29, 0.717) is 11.6 Å². The molecule has 0 saturated carbocycles. The van der Waals surface area contributed by atoms with E-state index in [1.165, 1.54) is 0 Å². The van der Waals surface area contributed by atoms with E-state index in [9.17, 15) is 0 Å². The highest BCUT2D eigenvalue weighted by Crippen LogP contribution is 2.54. The van der Waals surface area contributed by atoms with Gasteiger partial charge in [0.05, 0.1) is 22.4 Å². The average molecular weight is 674 g/mol. The summed E-state index contributed by atoms with van der Waals surface area (Å²) in [4.78, 5) is 18.8. The fraction of sp³-hybridized carbons (Fsp3) is 0.0227. The average Bonchev–Trinajstić information content (AvgIpc) is 3.78. The molecule has 5 heterocycles. The van der Waals surface area contributed by atoms with Gasteiger partial charge in [-0.1, -0.05) is 72.8 Å². The van der Waals surface area contributed by atoms with E-state index in [1.807, 2.05) is 91.0 Å². The van der Waals surface area contributed by atoms with E-state index in [4.69, 9.17) is 14.7 Å². The van der Waals surface area contributed by atoms with Crippen LogP contribution in [0, 0.1) is 0 Å². The van der Waals surface area contributed by atoms with Crippen LogP contribution in [0.15, 0.2) is 170 Å². The number of ether oxygens (including phenoxy) is 1. The number of pyridine rings is 2. The maximum absolute atomic E-state index is 6.86. The van der Waals surface area contributed by atoms with Crippen LogP contribution in [-0.2, 0) is 7.05 Å². The predicted molar refractivity (Wildman–Crippen MR) is 208 cm³/mol. The third-order valence-electron chi connectivity index (χ3n) is 9.63. The summed E-state index contributed by atoms with van der Waals surface area (Å²) >= 11 is 0. The highest BCUT2D eigenvalue weighted by atomic mass is 16.5. The SMILES string of the molecule is Cn1ccnc1-c1cccc(N(c2ccc3c4ccccc4n(-c4ccccn4)c3c2)c2ccnc3c2Oc2ccccc2N3c2ccccc2)c1. The first-order valence-electron chi connectivity index (χ1n) is 17.2. The third kappa shape index (κ3) is 4.73. The molecular formula is C44H31N7O. The second-order valence-corrected chi connectivity index (χ2v) is 12.7. The number of nitrogens with zero attached hydrogens (tertiary/aromatic N) is 7. The molecule has 8 nitrogen and oxygen atoms in total. The van der Waals surface area contributed by atoms with Crippen LogP contribution in [0.1, 0.15) is 0 Å². The lowest BCUT2D eigenvalue weighted by Gasteiger charge is -2.35. The first-order valence-corrected chi connectivity index (χ1v) is 17.2. The Labute approximate surface area is 300 Å². The van der Waals surface area contributed by atoms with Crippen LogP contribution >= 0.6 is 0 Å². The normalized spacial score (nSPS) is 12.1. The number of para-hydroxylation sites is 4. The zero-order chi connectivity index (χ0) is 34.6. The van der Waals surface area contributed by atoms with Gasteiger partial charge in [0.2, 0.25) is 0 Å². The Morgan fingerprint density at radius 3 is 2.27 bits per heavy atom. The van der Waals surface area contributed by atoms with Crippen LogP contribution in [0.25, 0.3) is 39.0 Å². The Kier molecular flexibility index (Phi) is 6.85. The topological polar surface area (TPSA) is 64.2 Å². The monoisotopic (exact) mass is 673 g/mol. The fourth-order valence-electron chi connectivity index (χ4n) is 7.34. The number of aryl methyl sites for hydroxylation is 1. The fourth-order valence-corrected chi connectivity index (χ4v) is 7.34. The molecule has 1 aliphatic heterocycles. The number of benzene rings is 5. The van der Waals surface area contributed by atoms with Gasteiger partial charge in [-0.25, -0.2) is 15.0 Å².